The number of carbonyl (C=O) groups is 3. The van der Waals surface area contributed by atoms with Gasteiger partial charge in [-0.3, -0.25) is 14.4 Å². The van der Waals surface area contributed by atoms with Gasteiger partial charge in [0.25, 0.3) is 0 Å². The molecule has 0 fully saturated rings. The summed E-state index contributed by atoms with van der Waals surface area (Å²) in [7, 11) is 0. The highest BCUT2D eigenvalue weighted by Crippen LogP contribution is 2.18. The number of nitrogens with two attached hydrogens (primary N) is 2. The Kier molecular flexibility index (Phi) is 9.11. The third-order valence-corrected chi connectivity index (χ3v) is 5.28. The standard InChI is InChI=1S/C23H32N4O4/c1-14(28)20(9-10-24)26-23(31)21(15(2)29)27-22(30)19(13-25)12-16-7-8-17-5-3-4-6-18(17)11-16/h3-8,11,15,19-21,29H,9-10,12-13,24-25H2,1-2H3,(H,26,31)(H,27,30)/t15-,19?,20-,21-/m0/s1. The number of rotatable bonds is 11. The summed E-state index contributed by atoms with van der Waals surface area (Å²) in [4.78, 5) is 37.2. The number of aliphatic hydroxyl groups excluding tert-OH is 1. The van der Waals surface area contributed by atoms with Crippen molar-refractivity contribution in [3.63, 3.8) is 0 Å². The summed E-state index contributed by atoms with van der Waals surface area (Å²) in [6.45, 7) is 3.05. The average Bonchev–Trinajstić information content (AvgIpc) is 2.74. The van der Waals surface area contributed by atoms with E-state index >= 15 is 0 Å². The molecule has 0 radical (unpaired) electrons. The number of fused-ring (bicyclic) bond motifs is 1. The molecule has 0 bridgehead atoms. The molecule has 168 valence electrons. The number of carbonyl (C=O) groups excluding carboxylic acids is 3. The zero-order valence-electron chi connectivity index (χ0n) is 18.0. The second-order valence-electron chi connectivity index (χ2n) is 7.79. The molecule has 8 nitrogen and oxygen atoms in total. The molecule has 7 N–H and O–H groups in total. The van der Waals surface area contributed by atoms with E-state index in [4.69, 9.17) is 11.5 Å². The van der Waals surface area contributed by atoms with Crippen LogP contribution >= 0.6 is 0 Å². The van der Waals surface area contributed by atoms with E-state index in [1.54, 1.807) is 0 Å². The van der Waals surface area contributed by atoms with Gasteiger partial charge in [-0.05, 0) is 49.6 Å². The van der Waals surface area contributed by atoms with Crippen molar-refractivity contribution < 1.29 is 19.5 Å². The zero-order chi connectivity index (χ0) is 23.0. The molecule has 0 spiro atoms. The normalized spacial score (nSPS) is 15.0. The molecule has 0 aliphatic rings. The highest BCUT2D eigenvalue weighted by molar-refractivity contribution is 5.93. The van der Waals surface area contributed by atoms with Gasteiger partial charge in [-0.25, -0.2) is 0 Å². The van der Waals surface area contributed by atoms with Crippen LogP contribution in [0.25, 0.3) is 10.8 Å². The van der Waals surface area contributed by atoms with Crippen LogP contribution in [0.2, 0.25) is 0 Å². The first-order valence-corrected chi connectivity index (χ1v) is 10.4. The summed E-state index contributed by atoms with van der Waals surface area (Å²) < 4.78 is 0. The number of amides is 2. The quantitative estimate of drug-likeness (QED) is 0.346. The van der Waals surface area contributed by atoms with E-state index in [0.717, 1.165) is 16.3 Å². The minimum atomic E-state index is -1.21. The first kappa shape index (κ1) is 24.5. The van der Waals surface area contributed by atoms with Crippen LogP contribution < -0.4 is 22.1 Å². The lowest BCUT2D eigenvalue weighted by molar-refractivity contribution is -0.134. The Morgan fingerprint density at radius 3 is 2.26 bits per heavy atom. The third-order valence-electron chi connectivity index (χ3n) is 5.28. The van der Waals surface area contributed by atoms with E-state index in [0.29, 0.717) is 6.42 Å². The number of ketones is 1. The van der Waals surface area contributed by atoms with Crippen molar-refractivity contribution in [3.05, 3.63) is 48.0 Å². The van der Waals surface area contributed by atoms with Gasteiger partial charge in [-0.2, -0.15) is 0 Å². The van der Waals surface area contributed by atoms with Crippen LogP contribution in [0.15, 0.2) is 42.5 Å². The minimum Gasteiger partial charge on any atom is -0.391 e. The number of nitrogens with one attached hydrogen (secondary N) is 2. The van der Waals surface area contributed by atoms with Crippen LogP contribution in [0.5, 0.6) is 0 Å². The number of aliphatic hydroxyl groups is 1. The molecular formula is C23H32N4O4. The number of Topliss-reactive ketones (excluding diaryl/α,β-unsaturated/α-hetero) is 1. The summed E-state index contributed by atoms with van der Waals surface area (Å²) in [6.07, 6.45) is -0.493. The molecule has 2 amide bonds. The van der Waals surface area contributed by atoms with Gasteiger partial charge in [0.1, 0.15) is 6.04 Å². The molecule has 31 heavy (non-hydrogen) atoms. The molecule has 1 unspecified atom stereocenters. The number of hydrogen-bond acceptors (Lipinski definition) is 6. The number of hydrogen-bond donors (Lipinski definition) is 5. The Bertz CT molecular complexity index is 915. The van der Waals surface area contributed by atoms with Crippen LogP contribution in [0.4, 0.5) is 0 Å². The van der Waals surface area contributed by atoms with Crippen molar-refractivity contribution in [3.8, 4) is 0 Å². The molecule has 0 aliphatic carbocycles. The third kappa shape index (κ3) is 6.85. The van der Waals surface area contributed by atoms with Crippen molar-refractivity contribution >= 4 is 28.4 Å². The van der Waals surface area contributed by atoms with E-state index in [2.05, 4.69) is 10.6 Å². The maximum Gasteiger partial charge on any atom is 0.245 e. The Hall–Kier alpha value is -2.81. The topological polar surface area (TPSA) is 148 Å². The summed E-state index contributed by atoms with van der Waals surface area (Å²) in [5, 5.41) is 17.4. The first-order chi connectivity index (χ1) is 14.8. The van der Waals surface area contributed by atoms with Crippen molar-refractivity contribution in [1.29, 1.82) is 0 Å². The second kappa shape index (κ2) is 11.5. The summed E-state index contributed by atoms with van der Waals surface area (Å²) >= 11 is 0. The first-order valence-electron chi connectivity index (χ1n) is 10.4. The fourth-order valence-corrected chi connectivity index (χ4v) is 3.41. The molecule has 0 aromatic heterocycles. The van der Waals surface area contributed by atoms with Gasteiger partial charge >= 0.3 is 0 Å². The maximum absolute atomic E-state index is 12.8. The summed E-state index contributed by atoms with van der Waals surface area (Å²) in [5.41, 5.74) is 12.3. The van der Waals surface area contributed by atoms with Gasteiger partial charge in [0.2, 0.25) is 11.8 Å². The van der Waals surface area contributed by atoms with Crippen molar-refractivity contribution in [2.75, 3.05) is 13.1 Å². The van der Waals surface area contributed by atoms with Crippen molar-refractivity contribution in [1.82, 2.24) is 10.6 Å². The van der Waals surface area contributed by atoms with Crippen LogP contribution in [0, 0.1) is 5.92 Å². The second-order valence-corrected chi connectivity index (χ2v) is 7.79. The molecule has 0 aliphatic heterocycles. The van der Waals surface area contributed by atoms with Crippen LogP contribution in [-0.4, -0.2) is 54.0 Å². The molecule has 0 saturated carbocycles. The highest BCUT2D eigenvalue weighted by Gasteiger charge is 2.30. The number of benzene rings is 2. The molecule has 8 heteroatoms. The van der Waals surface area contributed by atoms with Gasteiger partial charge in [-0.1, -0.05) is 42.5 Å². The SMILES string of the molecule is CC(=O)[C@H](CCN)NC(=O)[C@@H](NC(=O)C(CN)Cc1ccc2ccccc2c1)[C@H](C)O. The molecule has 2 aromatic rings. The van der Waals surface area contributed by atoms with E-state index in [1.807, 2.05) is 42.5 Å². The molecule has 0 heterocycles. The average molecular weight is 429 g/mol. The van der Waals surface area contributed by atoms with Crippen molar-refractivity contribution in [2.45, 2.75) is 44.9 Å². The van der Waals surface area contributed by atoms with E-state index in [1.165, 1.54) is 13.8 Å². The zero-order valence-corrected chi connectivity index (χ0v) is 18.0. The largest absolute Gasteiger partial charge is 0.391 e. The van der Waals surface area contributed by atoms with E-state index in [9.17, 15) is 19.5 Å². The van der Waals surface area contributed by atoms with E-state index in [-0.39, 0.29) is 25.3 Å². The van der Waals surface area contributed by atoms with Crippen LogP contribution in [0.1, 0.15) is 25.8 Å². The predicted molar refractivity (Wildman–Crippen MR) is 120 cm³/mol. The molecular weight excluding hydrogens is 396 g/mol. The summed E-state index contributed by atoms with van der Waals surface area (Å²) in [5.74, 6) is -1.90. The van der Waals surface area contributed by atoms with Crippen LogP contribution in [-0.2, 0) is 20.8 Å². The Morgan fingerprint density at radius 2 is 1.68 bits per heavy atom. The Morgan fingerprint density at radius 1 is 1.00 bits per heavy atom. The van der Waals surface area contributed by atoms with E-state index < -0.39 is 35.9 Å². The van der Waals surface area contributed by atoms with Gasteiger partial charge in [0.05, 0.1) is 18.1 Å². The van der Waals surface area contributed by atoms with Crippen LogP contribution in [0.3, 0.4) is 0 Å². The molecule has 0 saturated heterocycles. The maximum atomic E-state index is 12.8. The Balaban J connectivity index is 2.09. The van der Waals surface area contributed by atoms with Gasteiger partial charge in [-0.15, -0.1) is 0 Å². The lowest BCUT2D eigenvalue weighted by atomic mass is 9.96. The van der Waals surface area contributed by atoms with Gasteiger partial charge in [0, 0.05) is 6.54 Å². The van der Waals surface area contributed by atoms with Gasteiger partial charge < -0.3 is 27.2 Å². The minimum absolute atomic E-state index is 0.0794. The highest BCUT2D eigenvalue weighted by atomic mass is 16.3. The molecule has 4 atom stereocenters. The van der Waals surface area contributed by atoms with Gasteiger partial charge in [0.15, 0.2) is 5.78 Å². The monoisotopic (exact) mass is 428 g/mol. The Labute approximate surface area is 182 Å². The molecule has 2 aromatic carbocycles. The smallest absolute Gasteiger partial charge is 0.245 e. The van der Waals surface area contributed by atoms with Crippen molar-refractivity contribution in [2.24, 2.45) is 17.4 Å². The lowest BCUT2D eigenvalue weighted by Gasteiger charge is -2.25. The fraction of sp³-hybridized carbons (Fsp3) is 0.435. The molecule has 2 rings (SSSR count). The summed E-state index contributed by atoms with van der Waals surface area (Å²) in [6, 6.07) is 11.9. The fourth-order valence-electron chi connectivity index (χ4n) is 3.41. The predicted octanol–water partition coefficient (Wildman–Crippen LogP) is 0.245. The lowest BCUT2D eigenvalue weighted by Crippen LogP contribution is -2.57.